The van der Waals surface area contributed by atoms with Crippen LogP contribution in [-0.4, -0.2) is 33.3 Å². The molecule has 3 N–H and O–H groups in total. The van der Waals surface area contributed by atoms with Crippen molar-refractivity contribution in [2.45, 2.75) is 32.7 Å². The normalized spacial score (nSPS) is 13.7. The summed E-state index contributed by atoms with van der Waals surface area (Å²) in [5, 5.41) is 8.32. The third kappa shape index (κ3) is 2.96. The first-order chi connectivity index (χ1) is 8.42. The molecule has 0 spiro atoms. The molecular formula is C10H16N4O4. The van der Waals surface area contributed by atoms with Gasteiger partial charge in [0.25, 0.3) is 5.56 Å². The number of nitrogens with one attached hydrogen (secondary N) is 3. The van der Waals surface area contributed by atoms with Crippen molar-refractivity contribution in [1.29, 1.82) is 0 Å². The number of hydrogen-bond donors (Lipinski definition) is 3. The third-order valence-corrected chi connectivity index (χ3v) is 2.54. The van der Waals surface area contributed by atoms with Crippen molar-refractivity contribution in [3.8, 4) is 0 Å². The van der Waals surface area contributed by atoms with Crippen molar-refractivity contribution in [1.82, 2.24) is 15.2 Å². The van der Waals surface area contributed by atoms with E-state index in [1.807, 2.05) is 4.98 Å². The quantitative estimate of drug-likeness (QED) is 0.617. The summed E-state index contributed by atoms with van der Waals surface area (Å²) in [4.78, 5) is 36.1. The standard InChI is InChI=1S/C10H16N4O4/c1-4-10(3,8(16)18-5-2)12-6-7(15)11-9(17)14-13-6/h4-5H2,1-3H3,(H,12,13)(H2,11,14,15,17)/t10-/m1/s1. The Morgan fingerprint density at radius 1 is 1.44 bits per heavy atom. The lowest BCUT2D eigenvalue weighted by Crippen LogP contribution is -2.46. The van der Waals surface area contributed by atoms with E-state index in [4.69, 9.17) is 4.74 Å². The summed E-state index contributed by atoms with van der Waals surface area (Å²) in [6.45, 7) is 5.30. The van der Waals surface area contributed by atoms with Crippen LogP contribution in [0, 0.1) is 0 Å². The fraction of sp³-hybridized carbons (Fsp3) is 0.600. The minimum Gasteiger partial charge on any atom is -0.464 e. The van der Waals surface area contributed by atoms with Crippen molar-refractivity contribution < 1.29 is 9.53 Å². The molecule has 8 nitrogen and oxygen atoms in total. The van der Waals surface area contributed by atoms with E-state index >= 15 is 0 Å². The van der Waals surface area contributed by atoms with Crippen molar-refractivity contribution in [2.24, 2.45) is 0 Å². The molecule has 0 saturated carbocycles. The minimum absolute atomic E-state index is 0.132. The molecule has 8 heteroatoms. The van der Waals surface area contributed by atoms with Gasteiger partial charge in [-0.15, -0.1) is 5.10 Å². The summed E-state index contributed by atoms with van der Waals surface area (Å²) in [6, 6.07) is 0. The zero-order valence-corrected chi connectivity index (χ0v) is 10.5. The Hall–Kier alpha value is -2.12. The predicted octanol–water partition coefficient (Wildman–Crippen LogP) is -0.398. The predicted molar refractivity (Wildman–Crippen MR) is 64.4 cm³/mol. The van der Waals surface area contributed by atoms with Gasteiger partial charge in [-0.05, 0) is 20.3 Å². The number of esters is 1. The van der Waals surface area contributed by atoms with Crippen LogP contribution < -0.4 is 16.6 Å². The second-order valence-corrected chi connectivity index (χ2v) is 3.89. The van der Waals surface area contributed by atoms with E-state index in [1.165, 1.54) is 0 Å². The number of nitrogens with zero attached hydrogens (tertiary/aromatic N) is 1. The van der Waals surface area contributed by atoms with Crippen molar-refractivity contribution in [3.63, 3.8) is 0 Å². The van der Waals surface area contributed by atoms with Gasteiger partial charge in [-0.1, -0.05) is 6.92 Å². The Bertz CT molecular complexity index is 535. The molecule has 1 aromatic rings. The molecule has 18 heavy (non-hydrogen) atoms. The van der Waals surface area contributed by atoms with Crippen LogP contribution in [0.25, 0.3) is 0 Å². The van der Waals surface area contributed by atoms with Gasteiger partial charge in [0.1, 0.15) is 5.54 Å². The highest BCUT2D eigenvalue weighted by Gasteiger charge is 2.34. The Labute approximate surface area is 103 Å². The van der Waals surface area contributed by atoms with Crippen LogP contribution in [0.1, 0.15) is 27.2 Å². The fourth-order valence-corrected chi connectivity index (χ4v) is 1.27. The van der Waals surface area contributed by atoms with Crippen molar-refractivity contribution >= 4 is 11.8 Å². The SMILES string of the molecule is CCOC(=O)[C@@](C)(CC)Nc1n[nH]c(=O)[nH]c1=O. The van der Waals surface area contributed by atoms with Gasteiger partial charge in [0.2, 0.25) is 5.82 Å². The molecule has 1 rings (SSSR count). The van der Waals surface area contributed by atoms with Gasteiger partial charge in [0, 0.05) is 0 Å². The highest BCUT2D eigenvalue weighted by atomic mass is 16.5. The molecule has 0 bridgehead atoms. The maximum atomic E-state index is 11.8. The van der Waals surface area contributed by atoms with E-state index in [-0.39, 0.29) is 12.4 Å². The molecule has 0 fully saturated rings. The maximum Gasteiger partial charge on any atom is 0.342 e. The summed E-state index contributed by atoms with van der Waals surface area (Å²) in [6.07, 6.45) is 0.395. The first-order valence-electron chi connectivity index (χ1n) is 5.57. The summed E-state index contributed by atoms with van der Waals surface area (Å²) < 4.78 is 4.92. The summed E-state index contributed by atoms with van der Waals surface area (Å²) in [7, 11) is 0. The number of carbonyl (C=O) groups is 1. The van der Waals surface area contributed by atoms with Gasteiger partial charge >= 0.3 is 11.7 Å². The number of aromatic amines is 2. The zero-order valence-electron chi connectivity index (χ0n) is 10.5. The van der Waals surface area contributed by atoms with E-state index in [0.29, 0.717) is 6.42 Å². The molecular weight excluding hydrogens is 240 g/mol. The second kappa shape index (κ2) is 5.48. The molecule has 0 saturated heterocycles. The molecule has 1 aromatic heterocycles. The molecule has 100 valence electrons. The van der Waals surface area contributed by atoms with Crippen LogP contribution >= 0.6 is 0 Å². The van der Waals surface area contributed by atoms with Gasteiger partial charge in [-0.3, -0.25) is 9.78 Å². The number of anilines is 1. The number of carbonyl (C=O) groups excluding carboxylic acids is 1. The van der Waals surface area contributed by atoms with Crippen LogP contribution in [0.3, 0.4) is 0 Å². The van der Waals surface area contributed by atoms with Gasteiger partial charge in [0.05, 0.1) is 6.61 Å². The number of H-pyrrole nitrogens is 2. The molecule has 0 amide bonds. The lowest BCUT2D eigenvalue weighted by molar-refractivity contribution is -0.148. The van der Waals surface area contributed by atoms with Crippen molar-refractivity contribution in [3.05, 3.63) is 20.8 Å². The summed E-state index contributed by atoms with van der Waals surface area (Å²) >= 11 is 0. The number of ether oxygens (including phenoxy) is 1. The third-order valence-electron chi connectivity index (χ3n) is 2.54. The van der Waals surface area contributed by atoms with Gasteiger partial charge in [-0.2, -0.15) is 0 Å². The highest BCUT2D eigenvalue weighted by Crippen LogP contribution is 2.16. The summed E-state index contributed by atoms with van der Waals surface area (Å²) in [5.74, 6) is -0.619. The molecule has 0 aliphatic carbocycles. The lowest BCUT2D eigenvalue weighted by Gasteiger charge is -2.26. The van der Waals surface area contributed by atoms with E-state index in [0.717, 1.165) is 0 Å². The first kappa shape index (κ1) is 13.9. The number of aromatic nitrogens is 3. The van der Waals surface area contributed by atoms with Crippen LogP contribution in [0.2, 0.25) is 0 Å². The number of hydrogen-bond acceptors (Lipinski definition) is 6. The average molecular weight is 256 g/mol. The first-order valence-corrected chi connectivity index (χ1v) is 5.57. The zero-order chi connectivity index (χ0) is 13.8. The van der Waals surface area contributed by atoms with Crippen molar-refractivity contribution in [2.75, 3.05) is 11.9 Å². The van der Waals surface area contributed by atoms with Crippen LogP contribution in [0.5, 0.6) is 0 Å². The monoisotopic (exact) mass is 256 g/mol. The Morgan fingerprint density at radius 3 is 2.61 bits per heavy atom. The largest absolute Gasteiger partial charge is 0.464 e. The molecule has 0 aromatic carbocycles. The van der Waals surface area contributed by atoms with E-state index in [9.17, 15) is 14.4 Å². The molecule has 0 aliphatic heterocycles. The molecule has 0 radical (unpaired) electrons. The van der Waals surface area contributed by atoms with Gasteiger partial charge < -0.3 is 10.1 Å². The minimum atomic E-state index is -1.08. The van der Waals surface area contributed by atoms with E-state index < -0.39 is 22.8 Å². The summed E-state index contributed by atoms with van der Waals surface area (Å²) in [5.41, 5.74) is -2.48. The maximum absolute atomic E-state index is 11.8. The fourth-order valence-electron chi connectivity index (χ4n) is 1.27. The van der Waals surface area contributed by atoms with Crippen LogP contribution in [-0.2, 0) is 9.53 Å². The second-order valence-electron chi connectivity index (χ2n) is 3.89. The van der Waals surface area contributed by atoms with E-state index in [2.05, 4.69) is 15.5 Å². The van der Waals surface area contributed by atoms with Crippen LogP contribution in [0.15, 0.2) is 9.59 Å². The molecule has 1 heterocycles. The Morgan fingerprint density at radius 2 is 2.11 bits per heavy atom. The topological polar surface area (TPSA) is 117 Å². The van der Waals surface area contributed by atoms with Gasteiger partial charge in [0.15, 0.2) is 0 Å². The molecule has 0 unspecified atom stereocenters. The molecule has 1 atom stereocenters. The highest BCUT2D eigenvalue weighted by molar-refractivity contribution is 5.83. The van der Waals surface area contributed by atoms with Gasteiger partial charge in [-0.25, -0.2) is 14.7 Å². The average Bonchev–Trinajstić information content (AvgIpc) is 2.33. The number of rotatable bonds is 5. The Balaban J connectivity index is 3.02. The van der Waals surface area contributed by atoms with Crippen LogP contribution in [0.4, 0.5) is 5.82 Å². The Kier molecular flexibility index (Phi) is 4.24. The van der Waals surface area contributed by atoms with E-state index in [1.54, 1.807) is 20.8 Å². The smallest absolute Gasteiger partial charge is 0.342 e. The lowest BCUT2D eigenvalue weighted by atomic mass is 9.99. The molecule has 0 aliphatic rings.